The summed E-state index contributed by atoms with van der Waals surface area (Å²) < 4.78 is 32.0. The smallest absolute Gasteiger partial charge is 0.458 e. The largest absolute Gasteiger partial charge is 1.00 e. The maximum Gasteiger partial charge on any atom is 1.00 e. The van der Waals surface area contributed by atoms with E-state index in [1.165, 1.54) is 0 Å². The predicted molar refractivity (Wildman–Crippen MR) is 85.9 cm³/mol. The van der Waals surface area contributed by atoms with Crippen LogP contribution in [0.25, 0.3) is 0 Å². The second-order valence-electron chi connectivity index (χ2n) is 4.15. The Balaban J connectivity index is 0. The van der Waals surface area contributed by atoms with Gasteiger partial charge in [-0.1, -0.05) is 0 Å². The van der Waals surface area contributed by atoms with Crippen molar-refractivity contribution in [3.05, 3.63) is 0 Å². The first kappa shape index (κ1) is 27.5. The summed E-state index contributed by atoms with van der Waals surface area (Å²) in [5.41, 5.74) is 1.39. The number of nitrogens with two attached hydrogens (primary N) is 1. The fourth-order valence-corrected chi connectivity index (χ4v) is 1.32. The first-order valence-corrected chi connectivity index (χ1v) is 7.96. The third-order valence-electron chi connectivity index (χ3n) is 2.36. The number of hydrazine groups is 1. The van der Waals surface area contributed by atoms with E-state index in [1.807, 2.05) is 0 Å². The van der Waals surface area contributed by atoms with Gasteiger partial charge in [0, 0.05) is 0 Å². The van der Waals surface area contributed by atoms with Gasteiger partial charge in [0.2, 0.25) is 0 Å². The van der Waals surface area contributed by atoms with E-state index in [2.05, 4.69) is 15.1 Å². The van der Waals surface area contributed by atoms with E-state index in [0.717, 1.165) is 0 Å². The number of nitrogens with one attached hydrogen (secondary N) is 1. The zero-order valence-corrected chi connectivity index (χ0v) is 18.5. The molecule has 1 heterocycles. The number of ether oxygens (including phenoxy) is 6. The number of hydrogen-bond acceptors (Lipinski definition) is 8. The summed E-state index contributed by atoms with van der Waals surface area (Å²) in [5, 5.41) is 0. The van der Waals surface area contributed by atoms with Crippen molar-refractivity contribution in [2.75, 3.05) is 79.3 Å². The summed E-state index contributed by atoms with van der Waals surface area (Å²) in [6, 6.07) is 0. The van der Waals surface area contributed by atoms with Crippen molar-refractivity contribution in [2.45, 2.75) is 0 Å². The molecule has 0 unspecified atom stereocenters. The predicted octanol–water partition coefficient (Wildman–Crippen LogP) is -3.18. The summed E-state index contributed by atoms with van der Waals surface area (Å²) in [6.07, 6.45) is 0. The van der Waals surface area contributed by atoms with Gasteiger partial charge in [0.05, 0.1) is 84.9 Å². The van der Waals surface area contributed by atoms with Crippen molar-refractivity contribution in [3.63, 3.8) is 0 Å². The summed E-state index contributed by atoms with van der Waals surface area (Å²) in [7, 11) is 2.54. The van der Waals surface area contributed by atoms with Gasteiger partial charge in [-0.05, 0) is 0 Å². The molecule has 0 bridgehead atoms. The molecular weight excluding hydrogens is 366 g/mol. The van der Waals surface area contributed by atoms with Gasteiger partial charge >= 0.3 is 51.4 Å². The Bertz CT molecular complexity index is 193. The second kappa shape index (κ2) is 24.3. The quantitative estimate of drug-likeness (QED) is 0.145. The van der Waals surface area contributed by atoms with Crippen LogP contribution in [-0.2, 0) is 28.4 Å². The van der Waals surface area contributed by atoms with Gasteiger partial charge in [0.15, 0.2) is 0 Å². The zero-order valence-electron chi connectivity index (χ0n) is 14.4. The first-order chi connectivity index (χ1) is 11.3. The average molecular weight is 394 g/mol. The van der Waals surface area contributed by atoms with Crippen LogP contribution in [0.4, 0.5) is 4.79 Å². The average Bonchev–Trinajstić information content (AvgIpc) is 2.55. The third-order valence-corrected chi connectivity index (χ3v) is 2.51. The van der Waals surface area contributed by atoms with Gasteiger partial charge in [0.1, 0.15) is 0 Å². The van der Waals surface area contributed by atoms with Crippen LogP contribution in [0.15, 0.2) is 0 Å². The van der Waals surface area contributed by atoms with E-state index < -0.39 is 5.65 Å². The van der Waals surface area contributed by atoms with E-state index in [0.29, 0.717) is 79.3 Å². The number of carbonyl (C=O) groups excluding carboxylic acids is 1. The van der Waals surface area contributed by atoms with Gasteiger partial charge in [-0.15, -0.1) is 0 Å². The SMILES string of the molecule is C1COCCOCCOCCOCCOCCO1.NNC(=O)[PH-].[K+]. The summed E-state index contributed by atoms with van der Waals surface area (Å²) in [6.45, 7) is 7.04. The standard InChI is InChI=1S/C12H24O6.CH4N2OP.K/c1-2-14-5-6-16-9-10-18-12-11-17-8-7-15-4-3-13-1;2-3-1(4)5;/h1-12H2;5H,2H2,(H,3,4);/q;-1;+1. The Labute approximate surface area is 188 Å². The molecule has 0 aromatic heterocycles. The molecule has 1 saturated heterocycles. The topological polar surface area (TPSA) is 110 Å². The van der Waals surface area contributed by atoms with Crippen LogP contribution >= 0.6 is 9.24 Å². The van der Waals surface area contributed by atoms with E-state index in [-0.39, 0.29) is 51.4 Å². The van der Waals surface area contributed by atoms with Crippen LogP contribution in [0.2, 0.25) is 0 Å². The molecule has 0 aliphatic carbocycles. The van der Waals surface area contributed by atoms with E-state index in [1.54, 1.807) is 5.43 Å². The summed E-state index contributed by atoms with van der Waals surface area (Å²) in [5.74, 6) is 4.52. The van der Waals surface area contributed by atoms with Crippen molar-refractivity contribution in [2.24, 2.45) is 5.84 Å². The van der Waals surface area contributed by atoms with Crippen LogP contribution in [-0.4, -0.2) is 84.9 Å². The van der Waals surface area contributed by atoms with Gasteiger partial charge in [0.25, 0.3) is 0 Å². The van der Waals surface area contributed by atoms with Crippen molar-refractivity contribution in [1.82, 2.24) is 5.43 Å². The number of rotatable bonds is 0. The van der Waals surface area contributed by atoms with Crippen molar-refractivity contribution in [3.8, 4) is 0 Å². The minimum atomic E-state index is -0.412. The van der Waals surface area contributed by atoms with Crippen molar-refractivity contribution in [1.29, 1.82) is 0 Å². The molecule has 0 aromatic carbocycles. The van der Waals surface area contributed by atoms with Crippen LogP contribution < -0.4 is 62.7 Å². The molecule has 3 N–H and O–H groups in total. The molecule has 9 nitrogen and oxygen atoms in total. The Morgan fingerprint density at radius 1 is 0.625 bits per heavy atom. The number of amides is 1. The van der Waals surface area contributed by atoms with Crippen LogP contribution in [0.5, 0.6) is 0 Å². The molecule has 0 saturated carbocycles. The molecule has 0 radical (unpaired) electrons. The number of hydrogen-bond donors (Lipinski definition) is 2. The minimum absolute atomic E-state index is 0. The normalized spacial score (nSPS) is 19.4. The van der Waals surface area contributed by atoms with Crippen molar-refractivity contribution >= 4 is 14.9 Å². The fraction of sp³-hybridized carbons (Fsp3) is 0.923. The van der Waals surface area contributed by atoms with Gasteiger partial charge < -0.3 is 47.9 Å². The molecule has 0 atom stereocenters. The zero-order chi connectivity index (χ0) is 17.0. The fourth-order valence-electron chi connectivity index (χ4n) is 1.32. The molecular formula is C13H28KN2O7P. The molecule has 0 aromatic rings. The first-order valence-electron chi connectivity index (χ1n) is 7.46. The van der Waals surface area contributed by atoms with E-state index >= 15 is 0 Å². The van der Waals surface area contributed by atoms with Gasteiger partial charge in [-0.25, -0.2) is 0 Å². The van der Waals surface area contributed by atoms with E-state index in [4.69, 9.17) is 28.4 Å². The molecule has 1 aliphatic heterocycles. The molecule has 1 amide bonds. The van der Waals surface area contributed by atoms with Crippen LogP contribution in [0, 0.1) is 0 Å². The molecule has 1 aliphatic rings. The Kier molecular flexibility index (Phi) is 27.8. The third kappa shape index (κ3) is 25.5. The van der Waals surface area contributed by atoms with E-state index in [9.17, 15) is 4.79 Å². The summed E-state index contributed by atoms with van der Waals surface area (Å²) in [4.78, 5) is 9.49. The molecule has 24 heavy (non-hydrogen) atoms. The Morgan fingerprint density at radius 3 is 0.833 bits per heavy atom. The minimum Gasteiger partial charge on any atom is -0.458 e. The number of carbonyl (C=O) groups is 1. The second-order valence-corrected chi connectivity index (χ2v) is 4.60. The van der Waals surface area contributed by atoms with Gasteiger partial charge in [-0.2, -0.15) is 0 Å². The van der Waals surface area contributed by atoms with Crippen LogP contribution in [0.1, 0.15) is 0 Å². The molecule has 1 fully saturated rings. The van der Waals surface area contributed by atoms with Gasteiger partial charge in [-0.3, -0.25) is 5.84 Å². The Morgan fingerprint density at radius 2 is 0.750 bits per heavy atom. The monoisotopic (exact) mass is 394 g/mol. The van der Waals surface area contributed by atoms with Crippen LogP contribution in [0.3, 0.4) is 0 Å². The molecule has 11 heteroatoms. The maximum atomic E-state index is 9.49. The van der Waals surface area contributed by atoms with Crippen molar-refractivity contribution < 1.29 is 84.6 Å². The Hall–Kier alpha value is 1.26. The molecule has 1 rings (SSSR count). The molecule has 138 valence electrons. The summed E-state index contributed by atoms with van der Waals surface area (Å²) >= 11 is 0. The molecule has 0 spiro atoms. The maximum absolute atomic E-state index is 9.49.